The molecule has 2 heteroatoms. The summed E-state index contributed by atoms with van der Waals surface area (Å²) in [5.74, 6) is 13.8. The van der Waals surface area contributed by atoms with Gasteiger partial charge in [0.2, 0.25) is 0 Å². The van der Waals surface area contributed by atoms with Gasteiger partial charge >= 0.3 is 0 Å². The van der Waals surface area contributed by atoms with Crippen LogP contribution in [0.2, 0.25) is 0 Å². The molecule has 0 aliphatic carbocycles. The Morgan fingerprint density at radius 3 is 1.29 bits per heavy atom. The van der Waals surface area contributed by atoms with Crippen LogP contribution in [0.3, 0.4) is 0 Å². The number of nitrogens with zero attached hydrogens (tertiary/aromatic N) is 2. The van der Waals surface area contributed by atoms with Gasteiger partial charge in [0, 0.05) is 12.8 Å². The molecule has 0 bridgehead atoms. The first-order chi connectivity index (χ1) is 11.4. The summed E-state index contributed by atoms with van der Waals surface area (Å²) in [6.45, 7) is 13.9. The van der Waals surface area contributed by atoms with Crippen molar-refractivity contribution in [2.45, 2.75) is 90.1 Å². The molecule has 2 rings (SSSR count). The molecule has 24 heavy (non-hydrogen) atoms. The van der Waals surface area contributed by atoms with Crippen molar-refractivity contribution >= 4 is 0 Å². The van der Waals surface area contributed by atoms with E-state index in [0.717, 1.165) is 12.8 Å². The summed E-state index contributed by atoms with van der Waals surface area (Å²) in [5, 5.41) is 0. The molecule has 0 aromatic carbocycles. The maximum atomic E-state index is 3.49. The fourth-order valence-corrected chi connectivity index (χ4v) is 3.69. The van der Waals surface area contributed by atoms with Crippen molar-refractivity contribution in [3.63, 3.8) is 0 Å². The van der Waals surface area contributed by atoms with E-state index in [-0.39, 0.29) is 11.1 Å². The Balaban J connectivity index is 1.64. The molecule has 0 N–H and O–H groups in total. The molecule has 134 valence electrons. The lowest BCUT2D eigenvalue weighted by Gasteiger charge is -2.30. The summed E-state index contributed by atoms with van der Waals surface area (Å²) < 4.78 is 0. The zero-order valence-corrected chi connectivity index (χ0v) is 16.4. The molecule has 0 amide bonds. The molecule has 2 fully saturated rings. The first-order valence-corrected chi connectivity index (χ1v) is 9.92. The summed E-state index contributed by atoms with van der Waals surface area (Å²) in [4.78, 5) is 5.04. The van der Waals surface area contributed by atoms with Gasteiger partial charge in [0.05, 0.1) is 11.1 Å². The lowest BCUT2D eigenvalue weighted by Crippen LogP contribution is -2.40. The monoisotopic (exact) mass is 328 g/mol. The lowest BCUT2D eigenvalue weighted by molar-refractivity contribution is 0.213. The molecule has 0 aromatic heterocycles. The standard InChI is InChI=1S/C22H36N2/c1-21(2,23-17-11-12-18-23)15-9-7-5-6-8-10-16-22(3,4)24-19-13-14-20-24/h5-8,11-14,17-20H2,1-4H3. The van der Waals surface area contributed by atoms with Gasteiger partial charge in [-0.25, -0.2) is 0 Å². The first-order valence-electron chi connectivity index (χ1n) is 9.92. The number of likely N-dealkylation sites (tertiary alicyclic amines) is 2. The number of hydrogen-bond donors (Lipinski definition) is 0. The van der Waals surface area contributed by atoms with Gasteiger partial charge in [-0.1, -0.05) is 11.8 Å². The SMILES string of the molecule is CC(C)(C#CCCCCC#CC(C)(C)N1CCCC1)N1CCCC1. The van der Waals surface area contributed by atoms with Crippen molar-refractivity contribution in [2.24, 2.45) is 0 Å². The van der Waals surface area contributed by atoms with Crippen LogP contribution >= 0.6 is 0 Å². The van der Waals surface area contributed by atoms with Gasteiger partial charge < -0.3 is 0 Å². The summed E-state index contributed by atoms with van der Waals surface area (Å²) in [6, 6.07) is 0. The van der Waals surface area contributed by atoms with Crippen LogP contribution in [-0.4, -0.2) is 47.1 Å². The molecular weight excluding hydrogens is 292 g/mol. The maximum Gasteiger partial charge on any atom is 0.0768 e. The molecule has 0 atom stereocenters. The quantitative estimate of drug-likeness (QED) is 0.548. The highest BCUT2D eigenvalue weighted by atomic mass is 15.2. The molecule has 0 spiro atoms. The Morgan fingerprint density at radius 2 is 0.958 bits per heavy atom. The Labute approximate surface area is 150 Å². The van der Waals surface area contributed by atoms with Crippen LogP contribution in [0, 0.1) is 23.7 Å². The Hall–Kier alpha value is -0.960. The number of hydrogen-bond acceptors (Lipinski definition) is 2. The predicted molar refractivity (Wildman–Crippen MR) is 104 cm³/mol. The Bertz CT molecular complexity index is 450. The molecule has 2 nitrogen and oxygen atoms in total. The second-order valence-corrected chi connectivity index (χ2v) is 8.32. The number of unbranched alkanes of at least 4 members (excludes halogenated alkanes) is 3. The molecule has 0 aromatic rings. The highest BCUT2D eigenvalue weighted by Crippen LogP contribution is 2.21. The average Bonchev–Trinajstić information content (AvgIpc) is 3.23. The van der Waals surface area contributed by atoms with Crippen LogP contribution in [-0.2, 0) is 0 Å². The van der Waals surface area contributed by atoms with E-state index in [1.807, 2.05) is 0 Å². The van der Waals surface area contributed by atoms with Crippen LogP contribution < -0.4 is 0 Å². The molecule has 2 saturated heterocycles. The van der Waals surface area contributed by atoms with Gasteiger partial charge in [0.1, 0.15) is 0 Å². The first kappa shape index (κ1) is 19.4. The van der Waals surface area contributed by atoms with E-state index in [4.69, 9.17) is 0 Å². The normalized spacial score (nSPS) is 19.7. The van der Waals surface area contributed by atoms with Crippen molar-refractivity contribution in [2.75, 3.05) is 26.2 Å². The van der Waals surface area contributed by atoms with Crippen LogP contribution in [0.4, 0.5) is 0 Å². The van der Waals surface area contributed by atoms with Crippen molar-refractivity contribution < 1.29 is 0 Å². The highest BCUT2D eigenvalue weighted by molar-refractivity contribution is 5.16. The van der Waals surface area contributed by atoms with Gasteiger partial charge in [0.15, 0.2) is 0 Å². The fraction of sp³-hybridized carbons (Fsp3) is 0.818. The molecule has 2 heterocycles. The van der Waals surface area contributed by atoms with Gasteiger partial charge in [-0.3, -0.25) is 9.80 Å². The molecule has 2 aliphatic heterocycles. The highest BCUT2D eigenvalue weighted by Gasteiger charge is 2.27. The van der Waals surface area contributed by atoms with Gasteiger partial charge in [-0.2, -0.15) is 0 Å². The van der Waals surface area contributed by atoms with E-state index >= 15 is 0 Å². The Morgan fingerprint density at radius 1 is 0.625 bits per heavy atom. The predicted octanol–water partition coefficient (Wildman–Crippen LogP) is 4.30. The van der Waals surface area contributed by atoms with E-state index in [1.165, 1.54) is 64.7 Å². The summed E-state index contributed by atoms with van der Waals surface area (Å²) in [7, 11) is 0. The molecule has 2 aliphatic rings. The minimum Gasteiger partial charge on any atom is -0.288 e. The second kappa shape index (κ2) is 8.94. The third-order valence-electron chi connectivity index (χ3n) is 5.44. The third kappa shape index (κ3) is 5.84. The molecule has 0 unspecified atom stereocenters. The second-order valence-electron chi connectivity index (χ2n) is 8.32. The molecule has 0 radical (unpaired) electrons. The van der Waals surface area contributed by atoms with E-state index in [0.29, 0.717) is 0 Å². The average molecular weight is 329 g/mol. The van der Waals surface area contributed by atoms with Crippen LogP contribution in [0.15, 0.2) is 0 Å². The van der Waals surface area contributed by atoms with Crippen LogP contribution in [0.25, 0.3) is 0 Å². The zero-order valence-electron chi connectivity index (χ0n) is 16.4. The van der Waals surface area contributed by atoms with Crippen molar-refractivity contribution in [3.8, 4) is 23.7 Å². The molecule has 0 saturated carbocycles. The third-order valence-corrected chi connectivity index (χ3v) is 5.44. The topological polar surface area (TPSA) is 6.48 Å². The zero-order chi connectivity index (χ0) is 17.5. The Kier molecular flexibility index (Phi) is 7.21. The van der Waals surface area contributed by atoms with Crippen LogP contribution in [0.5, 0.6) is 0 Å². The smallest absolute Gasteiger partial charge is 0.0768 e. The van der Waals surface area contributed by atoms with Crippen molar-refractivity contribution in [1.29, 1.82) is 0 Å². The summed E-state index contributed by atoms with van der Waals surface area (Å²) >= 11 is 0. The fourth-order valence-electron chi connectivity index (χ4n) is 3.69. The molecular formula is C22H36N2. The lowest BCUT2D eigenvalue weighted by atomic mass is 10.0. The van der Waals surface area contributed by atoms with Crippen molar-refractivity contribution in [3.05, 3.63) is 0 Å². The summed E-state index contributed by atoms with van der Waals surface area (Å²) in [5.41, 5.74) is 0.103. The van der Waals surface area contributed by atoms with Crippen LogP contribution in [0.1, 0.15) is 79.1 Å². The van der Waals surface area contributed by atoms with Gasteiger partial charge in [-0.05, 0) is 92.4 Å². The largest absolute Gasteiger partial charge is 0.288 e. The van der Waals surface area contributed by atoms with E-state index in [2.05, 4.69) is 61.2 Å². The van der Waals surface area contributed by atoms with E-state index < -0.39 is 0 Å². The summed E-state index contributed by atoms with van der Waals surface area (Å²) in [6.07, 6.45) is 9.68. The number of rotatable bonds is 5. The van der Waals surface area contributed by atoms with Gasteiger partial charge in [-0.15, -0.1) is 11.8 Å². The van der Waals surface area contributed by atoms with Crippen molar-refractivity contribution in [1.82, 2.24) is 9.80 Å². The maximum absolute atomic E-state index is 3.49. The van der Waals surface area contributed by atoms with E-state index in [1.54, 1.807) is 0 Å². The minimum atomic E-state index is 0.0516. The minimum absolute atomic E-state index is 0.0516. The van der Waals surface area contributed by atoms with E-state index in [9.17, 15) is 0 Å². The van der Waals surface area contributed by atoms with Gasteiger partial charge in [0.25, 0.3) is 0 Å².